The van der Waals surface area contributed by atoms with Gasteiger partial charge in [-0.3, -0.25) is 4.79 Å². The second-order valence-electron chi connectivity index (χ2n) is 24.8. The van der Waals surface area contributed by atoms with Crippen LogP contribution < -0.4 is 8.85 Å². The van der Waals surface area contributed by atoms with Crippen molar-refractivity contribution in [1.82, 2.24) is 39.9 Å². The number of Topliss-reactive ketones (excluding diaryl/α,β-unsaturated/α-hetero) is 1. The van der Waals surface area contributed by atoms with E-state index in [9.17, 15) is 4.79 Å². The van der Waals surface area contributed by atoms with Gasteiger partial charge in [-0.25, -0.2) is 39.9 Å². The van der Waals surface area contributed by atoms with Crippen molar-refractivity contribution >= 4 is 104 Å². The Bertz CT molecular complexity index is 2360. The van der Waals surface area contributed by atoms with E-state index >= 15 is 0 Å². The molecule has 4 aromatic heterocycles. The van der Waals surface area contributed by atoms with Crippen LogP contribution in [0.4, 0.5) is 0 Å². The molecule has 4 rings (SSSR count). The minimum absolute atomic E-state index is 0.0226. The summed E-state index contributed by atoms with van der Waals surface area (Å²) in [7, 11) is -5.38. The summed E-state index contributed by atoms with van der Waals surface area (Å²) < 4.78 is 24.6. The summed E-state index contributed by atoms with van der Waals surface area (Å²) in [6.07, 6.45) is 20.1. The number of aromatic nitrogens is 8. The van der Waals surface area contributed by atoms with Crippen LogP contribution in [0.25, 0.3) is 5.76 Å². The number of ketones is 1. The number of nitrogens with zero attached hydrogens (tertiary/aromatic N) is 8. The Hall–Kier alpha value is -2.73. The molecule has 14 nitrogen and oxygen atoms in total. The van der Waals surface area contributed by atoms with E-state index in [1.807, 2.05) is 6.92 Å². The third-order valence-corrected chi connectivity index (χ3v) is 54.5. The van der Waals surface area contributed by atoms with E-state index in [4.69, 9.17) is 58.1 Å². The maximum atomic E-state index is 10.9. The zero-order valence-corrected chi connectivity index (χ0v) is 66.8. The summed E-state index contributed by atoms with van der Waals surface area (Å²) in [5.41, 5.74) is 5.22. The fourth-order valence-electron chi connectivity index (χ4n) is 11.6. The average molecular weight is 1480 g/mol. The molecule has 22 heteroatoms. The molecule has 0 aromatic carbocycles. The van der Waals surface area contributed by atoms with E-state index < -0.39 is 42.4 Å². The van der Waals surface area contributed by atoms with Crippen LogP contribution in [0, 0.1) is 0 Å². The molecule has 4 aromatic rings. The summed E-state index contributed by atoms with van der Waals surface area (Å²) in [4.78, 5) is 41.7. The normalized spacial score (nSPS) is 11.7. The van der Waals surface area contributed by atoms with Crippen LogP contribution in [0.2, 0.25) is 73.7 Å². The van der Waals surface area contributed by atoms with Crippen LogP contribution in [0.15, 0.2) is 66.3 Å². The van der Waals surface area contributed by atoms with Crippen molar-refractivity contribution in [3.05, 3.63) is 88.5 Å². The average Bonchev–Trinajstić information content (AvgIpc) is 1.59. The molecule has 0 bridgehead atoms. The predicted octanol–water partition coefficient (Wildman–Crippen LogP) is 21.7. The third kappa shape index (κ3) is 28.6. The number of hydrogen-bond donors (Lipinski definition) is 2. The van der Waals surface area contributed by atoms with Gasteiger partial charge in [-0.05, 0) is 80.0 Å². The first kappa shape index (κ1) is 85.3. The van der Waals surface area contributed by atoms with Crippen molar-refractivity contribution in [1.29, 1.82) is 0 Å². The molecular weight excluding hydrogens is 1370 g/mol. The van der Waals surface area contributed by atoms with Gasteiger partial charge >= 0.3 is 108 Å². The Kier molecular flexibility index (Phi) is 43.5. The van der Waals surface area contributed by atoms with Gasteiger partial charge in [0.1, 0.15) is 11.5 Å². The fourth-order valence-corrected chi connectivity index (χ4v) is 41.1. The van der Waals surface area contributed by atoms with E-state index in [1.165, 1.54) is 63.3 Å². The number of ether oxygens (including phenoxy) is 1. The molecule has 0 radical (unpaired) electrons. The molecule has 0 spiro atoms. The van der Waals surface area contributed by atoms with Gasteiger partial charge in [0.15, 0.2) is 36.3 Å². The van der Waals surface area contributed by atoms with Crippen LogP contribution >= 0.6 is 50.2 Å². The molecule has 0 aliphatic heterocycles. The van der Waals surface area contributed by atoms with E-state index in [2.05, 4.69) is 221 Å². The Morgan fingerprint density at radius 2 is 0.791 bits per heavy atom. The molecule has 0 amide bonds. The van der Waals surface area contributed by atoms with Crippen LogP contribution in [-0.4, -0.2) is 110 Å². The minimum atomic E-state index is -1.96. The van der Waals surface area contributed by atoms with Crippen LogP contribution in [0.5, 0.6) is 23.0 Å². The summed E-state index contributed by atoms with van der Waals surface area (Å²) in [5.74, 6) is 2.38. The summed E-state index contributed by atoms with van der Waals surface area (Å²) in [6, 6.07) is 0. The Morgan fingerprint density at radius 1 is 0.512 bits per heavy atom. The summed E-state index contributed by atoms with van der Waals surface area (Å²) >= 11 is 18.7. The van der Waals surface area contributed by atoms with Gasteiger partial charge < -0.3 is 23.8 Å². The van der Waals surface area contributed by atoms with Gasteiger partial charge in [-0.1, -0.05) is 147 Å². The van der Waals surface area contributed by atoms with E-state index in [0.717, 1.165) is 11.5 Å². The molecule has 0 saturated carbocycles. The molecule has 0 atom stereocenters. The van der Waals surface area contributed by atoms with Gasteiger partial charge in [-0.15, -0.1) is 0 Å². The molecule has 0 aliphatic rings. The maximum Gasteiger partial charge on any atom is 0.258 e. The molecular formula is C64H114BrCl3N8O6Si3Sn. The Labute approximate surface area is 552 Å². The predicted molar refractivity (Wildman–Crippen MR) is 380 cm³/mol. The van der Waals surface area contributed by atoms with Crippen molar-refractivity contribution in [2.75, 3.05) is 11.9 Å². The van der Waals surface area contributed by atoms with Crippen molar-refractivity contribution in [3.8, 4) is 23.0 Å². The van der Waals surface area contributed by atoms with Crippen LogP contribution in [-0.2, 0) is 4.74 Å². The van der Waals surface area contributed by atoms with Gasteiger partial charge in [0.25, 0.3) is 16.6 Å². The SMILES string of the molecule is C=C(OCC)c1ncc(O[Si](C(C)C)(C(C)C)C(C)C)cn1.C=[C](C)[Sn]([CH2]CCC)([CH2]CCC)[CH2]CCC.CC(C)[Si](Cl)(C(C)C)C(C)C.CC(C)[Si](Oc1cnc(Cl)nc1)(C(C)C)C(C)C.O=C(CBr)c1ncc(O)cn1.Oc1cnc(Cl)nc1. The quantitative estimate of drug-likeness (QED) is 0.0136. The van der Waals surface area contributed by atoms with Crippen molar-refractivity contribution < 1.29 is 28.6 Å². The van der Waals surface area contributed by atoms with E-state index in [-0.39, 0.29) is 39.0 Å². The van der Waals surface area contributed by atoms with Gasteiger partial charge in [-0.2, -0.15) is 11.1 Å². The second-order valence-corrected chi connectivity index (χ2v) is 57.9. The summed E-state index contributed by atoms with van der Waals surface area (Å²) in [5, 5.41) is 17.9. The Balaban J connectivity index is 0. The largest absolute Gasteiger partial charge is 0.541 e. The number of hydrogen-bond acceptors (Lipinski definition) is 14. The molecule has 0 fully saturated rings. The topological polar surface area (TPSA) is 188 Å². The molecule has 86 heavy (non-hydrogen) atoms. The third-order valence-electron chi connectivity index (χ3n) is 16.0. The number of unbranched alkanes of at least 4 members (excludes halogenated alkanes) is 3. The number of halogens is 4. The first-order valence-corrected chi connectivity index (χ1v) is 48.0. The first-order chi connectivity index (χ1) is 40.0. The molecule has 490 valence electrons. The van der Waals surface area contributed by atoms with Gasteiger partial charge in [0.05, 0.1) is 61.5 Å². The Morgan fingerprint density at radius 3 is 1.02 bits per heavy atom. The first-order valence-electron chi connectivity index (χ1n) is 31.1. The molecule has 0 saturated heterocycles. The molecule has 2 N–H and O–H groups in total. The number of carbonyl (C=O) groups excluding carboxylic acids is 1. The van der Waals surface area contributed by atoms with Crippen LogP contribution in [0.1, 0.15) is 214 Å². The zero-order valence-electron chi connectivity index (χ0n) is 57.1. The number of rotatable bonds is 28. The zero-order chi connectivity index (χ0) is 66.8. The summed E-state index contributed by atoms with van der Waals surface area (Å²) in [6.45, 7) is 60.7. The van der Waals surface area contributed by atoms with Gasteiger partial charge in [0, 0.05) is 0 Å². The monoisotopic (exact) mass is 1480 g/mol. The van der Waals surface area contributed by atoms with E-state index in [1.54, 1.807) is 41.7 Å². The molecule has 4 heterocycles. The van der Waals surface area contributed by atoms with Crippen molar-refractivity contribution in [2.24, 2.45) is 0 Å². The standard InChI is InChI=1S/C17H30N2O2Si.C13H23ClN2OSi.C9H21ClSi.C6H5BrN2O2.C4H3ClN2O.3C4H9.C3H5.Sn/c1-9-20-15(8)17-18-10-16(11-19-17)21-22(12(2)3,13(4)5)14(6)7;1-9(2)18(10(3)4,11(5)6)17-12-7-15-13(14)16-8-12;1-7(2)11(10,8(3)4)9(5)6;7-1-5(11)6-8-2-4(10)3-9-6;5-4-6-1-3(8)2-7-4;3*1-3-4-2;1-3-2;/h10-14H,8-9H2,1-7H3;7-11H,1-6H3;7-9H,1-6H3;2-3,10H,1H2;1-2,8H;3*1,3-4H2,2H3;1H2,2H3;. The minimum Gasteiger partial charge on any atom is -0.541 e. The second kappa shape index (κ2) is 43.9. The number of aromatic hydroxyl groups is 2. The van der Waals surface area contributed by atoms with Crippen LogP contribution in [0.3, 0.4) is 0 Å². The van der Waals surface area contributed by atoms with Crippen molar-refractivity contribution in [3.63, 3.8) is 0 Å². The smallest absolute Gasteiger partial charge is 0.258 e. The fraction of sp³-hybridized carbons (Fsp3) is 0.672. The van der Waals surface area contributed by atoms with E-state index in [0.29, 0.717) is 68.1 Å². The number of carbonyl (C=O) groups is 1. The maximum absolute atomic E-state index is 10.9. The number of alkyl halides is 1. The van der Waals surface area contributed by atoms with Crippen molar-refractivity contribution in [2.45, 2.75) is 261 Å². The molecule has 0 unspecified atom stereocenters. The van der Waals surface area contributed by atoms with Gasteiger partial charge in [0.2, 0.25) is 16.4 Å². The molecule has 0 aliphatic carbocycles. The number of allylic oxidation sites excluding steroid dienone is 1.